The van der Waals surface area contributed by atoms with Crippen LogP contribution in [0.3, 0.4) is 0 Å². The van der Waals surface area contributed by atoms with Crippen molar-refractivity contribution >= 4 is 11.9 Å². The highest BCUT2D eigenvalue weighted by Gasteiger charge is 2.20. The molecular formula is C12H16O4. The summed E-state index contributed by atoms with van der Waals surface area (Å²) in [5.41, 5.74) is 0.573. The fourth-order valence-electron chi connectivity index (χ4n) is 1.54. The van der Waals surface area contributed by atoms with Crippen molar-refractivity contribution in [1.29, 1.82) is 0 Å². The van der Waals surface area contributed by atoms with Crippen LogP contribution >= 0.6 is 0 Å². The van der Waals surface area contributed by atoms with Gasteiger partial charge >= 0.3 is 11.9 Å². The summed E-state index contributed by atoms with van der Waals surface area (Å²) in [7, 11) is 0. The molecule has 1 rings (SSSR count). The molecule has 1 heterocycles. The number of esters is 1. The van der Waals surface area contributed by atoms with Gasteiger partial charge in [0, 0.05) is 5.57 Å². The molecule has 0 radical (unpaired) electrons. The summed E-state index contributed by atoms with van der Waals surface area (Å²) < 4.78 is 4.79. The molecule has 0 aliphatic carbocycles. The highest BCUT2D eigenvalue weighted by atomic mass is 16.5. The summed E-state index contributed by atoms with van der Waals surface area (Å²) in [6.07, 6.45) is 7.40. The van der Waals surface area contributed by atoms with Crippen LogP contribution in [0, 0.1) is 0 Å². The van der Waals surface area contributed by atoms with Crippen molar-refractivity contribution in [3.05, 3.63) is 23.5 Å². The molecular weight excluding hydrogens is 208 g/mol. The number of carbonyl (C=O) groups is 2. The Morgan fingerprint density at radius 2 is 2.19 bits per heavy atom. The summed E-state index contributed by atoms with van der Waals surface area (Å²) in [5, 5.41) is 8.50. The molecule has 0 atom stereocenters. The predicted molar refractivity (Wildman–Crippen MR) is 58.7 cm³/mol. The van der Waals surface area contributed by atoms with E-state index in [0.717, 1.165) is 31.8 Å². The standard InChI is InChI=1S/C12H16O4/c1-2-3-4-5-6-9-7-10(8-11(13)14)16-12(9)15/h7-8H,2-6H2,1H3,(H,13,14)/b10-8-. The maximum Gasteiger partial charge on any atom is 0.339 e. The molecule has 1 aliphatic rings. The smallest absolute Gasteiger partial charge is 0.339 e. The SMILES string of the molecule is CCCCCCC1=C/C(=C/C(=O)O)OC1=O. The van der Waals surface area contributed by atoms with Crippen LogP contribution in [0.1, 0.15) is 39.0 Å². The number of hydrogen-bond donors (Lipinski definition) is 1. The summed E-state index contributed by atoms with van der Waals surface area (Å²) in [6, 6.07) is 0. The third kappa shape index (κ3) is 3.88. The first kappa shape index (κ1) is 12.5. The van der Waals surface area contributed by atoms with Gasteiger partial charge in [-0.25, -0.2) is 9.59 Å². The Balaban J connectivity index is 2.47. The van der Waals surface area contributed by atoms with E-state index in [0.29, 0.717) is 12.0 Å². The van der Waals surface area contributed by atoms with Gasteiger partial charge in [-0.3, -0.25) is 0 Å². The lowest BCUT2D eigenvalue weighted by Gasteiger charge is -1.98. The molecule has 0 aromatic heterocycles. The topological polar surface area (TPSA) is 63.6 Å². The minimum Gasteiger partial charge on any atom is -0.478 e. The Morgan fingerprint density at radius 1 is 1.44 bits per heavy atom. The van der Waals surface area contributed by atoms with E-state index in [1.807, 2.05) is 0 Å². The van der Waals surface area contributed by atoms with Gasteiger partial charge < -0.3 is 9.84 Å². The normalized spacial score (nSPS) is 17.4. The van der Waals surface area contributed by atoms with Crippen molar-refractivity contribution in [2.24, 2.45) is 0 Å². The lowest BCUT2D eigenvalue weighted by Crippen LogP contribution is -1.99. The molecule has 4 heteroatoms. The molecule has 0 unspecified atom stereocenters. The van der Waals surface area contributed by atoms with Crippen LogP contribution < -0.4 is 0 Å². The first-order chi connectivity index (χ1) is 7.63. The molecule has 1 N–H and O–H groups in total. The summed E-state index contributed by atoms with van der Waals surface area (Å²) in [4.78, 5) is 21.7. The maximum absolute atomic E-state index is 11.3. The molecule has 0 aromatic carbocycles. The van der Waals surface area contributed by atoms with Crippen molar-refractivity contribution in [1.82, 2.24) is 0 Å². The molecule has 0 saturated heterocycles. The van der Waals surface area contributed by atoms with Gasteiger partial charge in [-0.1, -0.05) is 26.2 Å². The second-order valence-electron chi connectivity index (χ2n) is 3.75. The van der Waals surface area contributed by atoms with E-state index in [-0.39, 0.29) is 5.76 Å². The number of carbonyl (C=O) groups excluding carboxylic acids is 1. The summed E-state index contributed by atoms with van der Waals surface area (Å²) in [6.45, 7) is 2.12. The van der Waals surface area contributed by atoms with Gasteiger partial charge in [0.05, 0.1) is 6.08 Å². The zero-order valence-electron chi connectivity index (χ0n) is 9.36. The van der Waals surface area contributed by atoms with Crippen molar-refractivity contribution in [2.75, 3.05) is 0 Å². The average Bonchev–Trinajstić information content (AvgIpc) is 2.53. The fourth-order valence-corrected chi connectivity index (χ4v) is 1.54. The lowest BCUT2D eigenvalue weighted by atomic mass is 10.1. The van der Waals surface area contributed by atoms with E-state index >= 15 is 0 Å². The largest absolute Gasteiger partial charge is 0.478 e. The number of hydrogen-bond acceptors (Lipinski definition) is 3. The number of carboxylic acid groups (broad SMARTS) is 1. The van der Waals surface area contributed by atoms with Gasteiger partial charge in [0.1, 0.15) is 5.76 Å². The first-order valence-electron chi connectivity index (χ1n) is 5.51. The third-order valence-electron chi connectivity index (χ3n) is 2.35. The van der Waals surface area contributed by atoms with Crippen molar-refractivity contribution < 1.29 is 19.4 Å². The van der Waals surface area contributed by atoms with Crippen molar-refractivity contribution in [3.63, 3.8) is 0 Å². The Hall–Kier alpha value is -1.58. The molecule has 4 nitrogen and oxygen atoms in total. The number of ether oxygens (including phenoxy) is 1. The lowest BCUT2D eigenvalue weighted by molar-refractivity contribution is -0.133. The highest BCUT2D eigenvalue weighted by Crippen LogP contribution is 2.21. The van der Waals surface area contributed by atoms with Crippen LogP contribution in [0.5, 0.6) is 0 Å². The molecule has 16 heavy (non-hydrogen) atoms. The van der Waals surface area contributed by atoms with Crippen LogP contribution in [-0.4, -0.2) is 17.0 Å². The van der Waals surface area contributed by atoms with Crippen molar-refractivity contribution in [3.8, 4) is 0 Å². The van der Waals surface area contributed by atoms with E-state index in [1.165, 1.54) is 6.08 Å². The van der Waals surface area contributed by atoms with Crippen LogP contribution in [0.15, 0.2) is 23.5 Å². The first-order valence-corrected chi connectivity index (χ1v) is 5.51. The van der Waals surface area contributed by atoms with Gasteiger partial charge in [0.2, 0.25) is 0 Å². The Kier molecular flexibility index (Phi) is 4.76. The Morgan fingerprint density at radius 3 is 2.81 bits per heavy atom. The number of rotatable bonds is 6. The summed E-state index contributed by atoms with van der Waals surface area (Å²) in [5.74, 6) is -1.39. The Labute approximate surface area is 94.6 Å². The third-order valence-corrected chi connectivity index (χ3v) is 2.35. The molecule has 1 aliphatic heterocycles. The van der Waals surface area contributed by atoms with Gasteiger partial charge in [-0.15, -0.1) is 0 Å². The van der Waals surface area contributed by atoms with Gasteiger partial charge in [-0.05, 0) is 18.9 Å². The number of cyclic esters (lactones) is 1. The van der Waals surface area contributed by atoms with E-state index in [2.05, 4.69) is 6.92 Å². The van der Waals surface area contributed by atoms with E-state index in [1.54, 1.807) is 0 Å². The van der Waals surface area contributed by atoms with E-state index in [4.69, 9.17) is 9.84 Å². The maximum atomic E-state index is 11.3. The number of unbranched alkanes of at least 4 members (excludes halogenated alkanes) is 3. The molecule has 0 spiro atoms. The molecule has 0 saturated carbocycles. The van der Waals surface area contributed by atoms with Crippen LogP contribution in [0.25, 0.3) is 0 Å². The summed E-state index contributed by atoms with van der Waals surface area (Å²) >= 11 is 0. The minimum absolute atomic E-state index is 0.128. The molecule has 0 aromatic rings. The van der Waals surface area contributed by atoms with Crippen LogP contribution in [-0.2, 0) is 14.3 Å². The zero-order chi connectivity index (χ0) is 12.0. The van der Waals surface area contributed by atoms with Crippen LogP contribution in [0.4, 0.5) is 0 Å². The molecule has 0 bridgehead atoms. The van der Waals surface area contributed by atoms with E-state index < -0.39 is 11.9 Å². The van der Waals surface area contributed by atoms with Gasteiger partial charge in [0.25, 0.3) is 0 Å². The van der Waals surface area contributed by atoms with Gasteiger partial charge in [-0.2, -0.15) is 0 Å². The van der Waals surface area contributed by atoms with E-state index in [9.17, 15) is 9.59 Å². The van der Waals surface area contributed by atoms with Crippen LogP contribution in [0.2, 0.25) is 0 Å². The fraction of sp³-hybridized carbons (Fsp3) is 0.500. The number of aliphatic carboxylic acids is 1. The average molecular weight is 224 g/mol. The highest BCUT2D eigenvalue weighted by molar-refractivity contribution is 5.94. The van der Waals surface area contributed by atoms with Gasteiger partial charge in [0.15, 0.2) is 0 Å². The molecule has 88 valence electrons. The monoisotopic (exact) mass is 224 g/mol. The molecule has 0 amide bonds. The molecule has 0 fully saturated rings. The minimum atomic E-state index is -1.11. The van der Waals surface area contributed by atoms with Crippen molar-refractivity contribution in [2.45, 2.75) is 39.0 Å². The zero-order valence-corrected chi connectivity index (χ0v) is 9.36. The Bertz CT molecular complexity index is 339. The quantitative estimate of drug-likeness (QED) is 0.427. The second kappa shape index (κ2) is 6.10. The second-order valence-corrected chi connectivity index (χ2v) is 3.75. The number of carboxylic acids is 1. The predicted octanol–water partition coefficient (Wildman–Crippen LogP) is 2.41. The number of allylic oxidation sites excluding steroid dienone is 1.